The van der Waals surface area contributed by atoms with Gasteiger partial charge in [0.25, 0.3) is 0 Å². The molecule has 0 spiro atoms. The van der Waals surface area contributed by atoms with Crippen LogP contribution >= 0.6 is 0 Å². The van der Waals surface area contributed by atoms with Crippen molar-refractivity contribution in [2.45, 2.75) is 13.0 Å². The standard InChI is InChI=1S/C11H12N2O2/c1-7(11(14)15)13-6-5-8-9(12)3-2-4-10(8)13/h2-7H,12H2,1H3,(H,14,15). The zero-order valence-electron chi connectivity index (χ0n) is 8.34. The van der Waals surface area contributed by atoms with Crippen molar-refractivity contribution in [2.75, 3.05) is 5.73 Å². The number of nitrogens with zero attached hydrogens (tertiary/aromatic N) is 1. The van der Waals surface area contributed by atoms with Gasteiger partial charge in [-0.1, -0.05) is 6.07 Å². The lowest BCUT2D eigenvalue weighted by Gasteiger charge is -2.10. The first kappa shape index (κ1) is 9.58. The number of aliphatic carboxylic acids is 1. The van der Waals surface area contributed by atoms with Crippen LogP contribution in [0.4, 0.5) is 5.69 Å². The number of anilines is 1. The van der Waals surface area contributed by atoms with Gasteiger partial charge in [0.1, 0.15) is 6.04 Å². The first-order valence-corrected chi connectivity index (χ1v) is 4.69. The Kier molecular flexibility index (Phi) is 2.11. The summed E-state index contributed by atoms with van der Waals surface area (Å²) in [5, 5.41) is 9.82. The summed E-state index contributed by atoms with van der Waals surface area (Å²) in [6.45, 7) is 1.64. The third kappa shape index (κ3) is 1.44. The van der Waals surface area contributed by atoms with Crippen LogP contribution in [0.1, 0.15) is 13.0 Å². The minimum absolute atomic E-state index is 0.579. The van der Waals surface area contributed by atoms with E-state index in [4.69, 9.17) is 10.8 Å². The van der Waals surface area contributed by atoms with Gasteiger partial charge in [0, 0.05) is 17.3 Å². The molecule has 0 aliphatic heterocycles. The Balaban J connectivity index is 2.64. The smallest absolute Gasteiger partial charge is 0.326 e. The molecule has 0 aliphatic rings. The number of rotatable bonds is 2. The molecule has 1 aromatic heterocycles. The maximum atomic E-state index is 10.9. The lowest BCUT2D eigenvalue weighted by atomic mass is 10.2. The highest BCUT2D eigenvalue weighted by atomic mass is 16.4. The van der Waals surface area contributed by atoms with Crippen LogP contribution < -0.4 is 5.73 Å². The van der Waals surface area contributed by atoms with Crippen LogP contribution in [0.25, 0.3) is 10.9 Å². The van der Waals surface area contributed by atoms with Crippen molar-refractivity contribution >= 4 is 22.6 Å². The lowest BCUT2D eigenvalue weighted by molar-refractivity contribution is -0.140. The lowest BCUT2D eigenvalue weighted by Crippen LogP contribution is -2.14. The number of carboxylic acid groups (broad SMARTS) is 1. The van der Waals surface area contributed by atoms with Crippen LogP contribution in [0.15, 0.2) is 30.5 Å². The van der Waals surface area contributed by atoms with Gasteiger partial charge in [-0.05, 0) is 25.1 Å². The van der Waals surface area contributed by atoms with Crippen LogP contribution in [-0.4, -0.2) is 15.6 Å². The summed E-state index contributed by atoms with van der Waals surface area (Å²) in [4.78, 5) is 10.9. The third-order valence-corrected chi connectivity index (χ3v) is 2.57. The van der Waals surface area contributed by atoms with Crippen LogP contribution in [0.5, 0.6) is 0 Å². The zero-order chi connectivity index (χ0) is 11.0. The maximum absolute atomic E-state index is 10.9. The summed E-state index contributed by atoms with van der Waals surface area (Å²) in [5.41, 5.74) is 7.31. The monoisotopic (exact) mass is 204 g/mol. The molecule has 1 atom stereocenters. The van der Waals surface area contributed by atoms with Crippen molar-refractivity contribution in [3.8, 4) is 0 Å². The molecule has 1 heterocycles. The molecule has 15 heavy (non-hydrogen) atoms. The Morgan fingerprint density at radius 3 is 2.87 bits per heavy atom. The molecular formula is C11H12N2O2. The molecule has 4 heteroatoms. The number of aromatic nitrogens is 1. The minimum Gasteiger partial charge on any atom is -0.480 e. The van der Waals surface area contributed by atoms with Crippen LogP contribution in [0.2, 0.25) is 0 Å². The topological polar surface area (TPSA) is 68.2 Å². The summed E-state index contributed by atoms with van der Waals surface area (Å²) in [5.74, 6) is -0.852. The second-order valence-corrected chi connectivity index (χ2v) is 3.52. The largest absolute Gasteiger partial charge is 0.480 e. The molecule has 2 aromatic rings. The van der Waals surface area contributed by atoms with Gasteiger partial charge in [-0.3, -0.25) is 0 Å². The third-order valence-electron chi connectivity index (χ3n) is 2.57. The highest BCUT2D eigenvalue weighted by molar-refractivity contribution is 5.92. The predicted molar refractivity (Wildman–Crippen MR) is 58.7 cm³/mol. The van der Waals surface area contributed by atoms with Gasteiger partial charge in [-0.2, -0.15) is 0 Å². The molecule has 0 radical (unpaired) electrons. The molecule has 3 N–H and O–H groups in total. The van der Waals surface area contributed by atoms with Gasteiger partial charge in [-0.25, -0.2) is 4.79 Å². The van der Waals surface area contributed by atoms with Crippen molar-refractivity contribution in [3.63, 3.8) is 0 Å². The molecule has 1 unspecified atom stereocenters. The number of nitrogen functional groups attached to an aromatic ring is 1. The van der Waals surface area contributed by atoms with Gasteiger partial charge in [0.05, 0.1) is 5.52 Å². The predicted octanol–water partition coefficient (Wildman–Crippen LogP) is 1.87. The van der Waals surface area contributed by atoms with Crippen molar-refractivity contribution in [3.05, 3.63) is 30.5 Å². The number of hydrogen-bond donors (Lipinski definition) is 2. The molecule has 0 saturated carbocycles. The molecular weight excluding hydrogens is 192 g/mol. The van der Waals surface area contributed by atoms with E-state index in [0.29, 0.717) is 5.69 Å². The van der Waals surface area contributed by atoms with E-state index in [9.17, 15) is 4.79 Å². The quantitative estimate of drug-likeness (QED) is 0.734. The SMILES string of the molecule is CC(C(=O)O)n1ccc2c(N)cccc21. The number of nitrogens with two attached hydrogens (primary N) is 1. The first-order chi connectivity index (χ1) is 7.11. The molecule has 2 rings (SSSR count). The van der Waals surface area contributed by atoms with Crippen molar-refractivity contribution in [1.82, 2.24) is 4.57 Å². The van der Waals surface area contributed by atoms with E-state index in [1.807, 2.05) is 18.2 Å². The highest BCUT2D eigenvalue weighted by Gasteiger charge is 2.15. The molecule has 78 valence electrons. The number of fused-ring (bicyclic) bond motifs is 1. The normalized spacial score (nSPS) is 12.9. The maximum Gasteiger partial charge on any atom is 0.326 e. The average molecular weight is 204 g/mol. The summed E-state index contributed by atoms with van der Waals surface area (Å²) >= 11 is 0. The Morgan fingerprint density at radius 2 is 2.20 bits per heavy atom. The number of hydrogen-bond acceptors (Lipinski definition) is 2. The fourth-order valence-electron chi connectivity index (χ4n) is 1.67. The van der Waals surface area contributed by atoms with Crippen molar-refractivity contribution < 1.29 is 9.90 Å². The second kappa shape index (κ2) is 3.31. The minimum atomic E-state index is -0.852. The number of carboxylic acids is 1. The van der Waals surface area contributed by atoms with E-state index >= 15 is 0 Å². The molecule has 0 bridgehead atoms. The van der Waals surface area contributed by atoms with E-state index in [-0.39, 0.29) is 0 Å². The Bertz CT molecular complexity index is 516. The van der Waals surface area contributed by atoms with Gasteiger partial charge in [0.15, 0.2) is 0 Å². The Labute approximate surface area is 86.9 Å². The molecule has 1 aromatic carbocycles. The fraction of sp³-hybridized carbons (Fsp3) is 0.182. The fourth-order valence-corrected chi connectivity index (χ4v) is 1.67. The van der Waals surface area contributed by atoms with Crippen molar-refractivity contribution in [2.24, 2.45) is 0 Å². The van der Waals surface area contributed by atoms with E-state index in [2.05, 4.69) is 0 Å². The molecule has 0 amide bonds. The van der Waals surface area contributed by atoms with E-state index in [1.165, 1.54) is 0 Å². The highest BCUT2D eigenvalue weighted by Crippen LogP contribution is 2.24. The van der Waals surface area contributed by atoms with Crippen LogP contribution in [0.3, 0.4) is 0 Å². The van der Waals surface area contributed by atoms with E-state index in [0.717, 1.165) is 10.9 Å². The van der Waals surface area contributed by atoms with Crippen molar-refractivity contribution in [1.29, 1.82) is 0 Å². The Hall–Kier alpha value is -1.97. The summed E-state index contributed by atoms with van der Waals surface area (Å²) < 4.78 is 1.70. The molecule has 0 fully saturated rings. The summed E-state index contributed by atoms with van der Waals surface area (Å²) in [7, 11) is 0. The van der Waals surface area contributed by atoms with Crippen LogP contribution in [-0.2, 0) is 4.79 Å². The Morgan fingerprint density at radius 1 is 1.47 bits per heavy atom. The molecule has 0 aliphatic carbocycles. The van der Waals surface area contributed by atoms with Gasteiger partial charge < -0.3 is 15.4 Å². The zero-order valence-corrected chi connectivity index (χ0v) is 8.34. The number of carbonyl (C=O) groups is 1. The number of benzene rings is 1. The van der Waals surface area contributed by atoms with E-state index < -0.39 is 12.0 Å². The molecule has 4 nitrogen and oxygen atoms in total. The van der Waals surface area contributed by atoms with Gasteiger partial charge in [-0.15, -0.1) is 0 Å². The second-order valence-electron chi connectivity index (χ2n) is 3.52. The first-order valence-electron chi connectivity index (χ1n) is 4.69. The summed E-state index contributed by atoms with van der Waals surface area (Å²) in [6, 6.07) is 6.75. The average Bonchev–Trinajstić information content (AvgIpc) is 2.61. The molecule has 0 saturated heterocycles. The van der Waals surface area contributed by atoms with Crippen LogP contribution in [0, 0.1) is 0 Å². The van der Waals surface area contributed by atoms with Gasteiger partial charge in [0.2, 0.25) is 0 Å². The van der Waals surface area contributed by atoms with Gasteiger partial charge >= 0.3 is 5.97 Å². The summed E-state index contributed by atoms with van der Waals surface area (Å²) in [6.07, 6.45) is 1.75. The van der Waals surface area contributed by atoms with E-state index in [1.54, 1.807) is 23.8 Å².